The van der Waals surface area contributed by atoms with Gasteiger partial charge in [0, 0.05) is 23.9 Å². The van der Waals surface area contributed by atoms with E-state index in [-0.39, 0.29) is 49.9 Å². The van der Waals surface area contributed by atoms with Crippen LogP contribution in [0, 0.1) is 5.82 Å². The maximum Gasteiger partial charge on any atom is 0.188 e. The molecule has 3 unspecified atom stereocenters. The Labute approximate surface area is 257 Å². The van der Waals surface area contributed by atoms with Gasteiger partial charge in [0.05, 0.1) is 94.4 Å². The van der Waals surface area contributed by atoms with Gasteiger partial charge in [-0.25, -0.2) is 9.38 Å². The smallest absolute Gasteiger partial charge is 0.188 e. The summed E-state index contributed by atoms with van der Waals surface area (Å²) in [5, 5.41) is 29.0. The molecule has 3 N–H and O–H groups in total. The number of aliphatic hydroxyl groups is 2. The first-order chi connectivity index (χ1) is 20.9. The fourth-order valence-electron chi connectivity index (χ4n) is 4.70. The number of dihydropyridines is 1. The predicted molar refractivity (Wildman–Crippen MR) is 167 cm³/mol. The molecule has 2 aliphatic heterocycles. The zero-order valence-electron chi connectivity index (χ0n) is 26.3. The molecule has 0 aliphatic carbocycles. The van der Waals surface area contributed by atoms with Crippen LogP contribution in [0.4, 0.5) is 10.1 Å². The molecule has 44 heavy (non-hydrogen) atoms. The molecule has 3 atom stereocenters. The summed E-state index contributed by atoms with van der Waals surface area (Å²) in [6, 6.07) is 2.99. The lowest BCUT2D eigenvalue weighted by molar-refractivity contribution is -0.00202. The van der Waals surface area contributed by atoms with Crippen molar-refractivity contribution in [3.8, 4) is 11.5 Å². The Bertz CT molecular complexity index is 1420. The van der Waals surface area contributed by atoms with Crippen LogP contribution in [0.3, 0.4) is 0 Å². The average molecular weight is 615 g/mol. The van der Waals surface area contributed by atoms with Crippen molar-refractivity contribution >= 4 is 22.9 Å². The Hall–Kier alpha value is -3.78. The molecule has 240 valence electrons. The second kappa shape index (κ2) is 14.3. The quantitative estimate of drug-likeness (QED) is 0.293. The molecule has 0 spiro atoms. The summed E-state index contributed by atoms with van der Waals surface area (Å²) < 4.78 is 39.2. The molecule has 0 radical (unpaired) electrons. The maximum absolute atomic E-state index is 15.8. The third kappa shape index (κ3) is 8.03. The number of hydrogen-bond donors (Lipinski definition) is 3. The van der Waals surface area contributed by atoms with E-state index in [2.05, 4.69) is 15.4 Å². The van der Waals surface area contributed by atoms with Gasteiger partial charge in [-0.3, -0.25) is 9.67 Å². The highest BCUT2D eigenvalue weighted by atomic mass is 19.1. The van der Waals surface area contributed by atoms with Gasteiger partial charge in [0.2, 0.25) is 0 Å². The minimum absolute atomic E-state index is 0.00923. The van der Waals surface area contributed by atoms with Crippen molar-refractivity contribution in [1.29, 1.82) is 0 Å². The molecule has 1 aromatic carbocycles. The fraction of sp³-hybridized carbons (Fsp3) is 0.516. The molecule has 0 fully saturated rings. The van der Waals surface area contributed by atoms with Crippen molar-refractivity contribution in [1.82, 2.24) is 15.1 Å². The van der Waals surface area contributed by atoms with Crippen LogP contribution >= 0.6 is 0 Å². The number of aromatic nitrogens is 2. The molecule has 2 aromatic rings. The Balaban J connectivity index is 1.63. The van der Waals surface area contributed by atoms with Crippen LogP contribution in [0.15, 0.2) is 52.9 Å². The molecule has 3 heterocycles. The number of aliphatic imine (C=N–C) groups is 2. The average Bonchev–Trinajstić information content (AvgIpc) is 3.45. The van der Waals surface area contributed by atoms with Crippen LogP contribution < -0.4 is 19.7 Å². The first kappa shape index (κ1) is 33.1. The highest BCUT2D eigenvalue weighted by molar-refractivity contribution is 6.17. The predicted octanol–water partition coefficient (Wildman–Crippen LogP) is 3.14. The summed E-state index contributed by atoms with van der Waals surface area (Å²) in [4.78, 5) is 11.2. The fourth-order valence-corrected chi connectivity index (χ4v) is 4.70. The Morgan fingerprint density at radius 2 is 1.73 bits per heavy atom. The molecule has 0 saturated heterocycles. The minimum atomic E-state index is -1.03. The van der Waals surface area contributed by atoms with Crippen molar-refractivity contribution in [2.24, 2.45) is 9.98 Å². The number of amidine groups is 1. The normalized spacial score (nSPS) is 19.1. The molecule has 4 rings (SSSR count). The van der Waals surface area contributed by atoms with E-state index in [1.807, 2.05) is 34.6 Å². The van der Waals surface area contributed by atoms with Gasteiger partial charge in [-0.1, -0.05) is 0 Å². The number of anilines is 1. The van der Waals surface area contributed by atoms with E-state index in [4.69, 9.17) is 23.9 Å². The molecule has 2 aliphatic rings. The van der Waals surface area contributed by atoms with Crippen molar-refractivity contribution in [2.45, 2.75) is 71.2 Å². The molecule has 0 bridgehead atoms. The summed E-state index contributed by atoms with van der Waals surface area (Å²) in [6.45, 7) is 9.93. The van der Waals surface area contributed by atoms with E-state index >= 15 is 4.39 Å². The summed E-state index contributed by atoms with van der Waals surface area (Å²) >= 11 is 0. The highest BCUT2D eigenvalue weighted by Gasteiger charge is 2.37. The van der Waals surface area contributed by atoms with Gasteiger partial charge in [0.25, 0.3) is 0 Å². The van der Waals surface area contributed by atoms with Crippen LogP contribution in [0.1, 0.15) is 40.2 Å². The number of aliphatic hydroxyl groups excluding tert-OH is 2. The summed E-state index contributed by atoms with van der Waals surface area (Å²) in [6.07, 6.45) is 6.96. The number of benzene rings is 1. The van der Waals surface area contributed by atoms with Crippen molar-refractivity contribution in [3.63, 3.8) is 0 Å². The van der Waals surface area contributed by atoms with E-state index in [1.54, 1.807) is 40.3 Å². The number of halogens is 1. The van der Waals surface area contributed by atoms with Crippen molar-refractivity contribution in [3.05, 3.63) is 54.3 Å². The van der Waals surface area contributed by atoms with Crippen LogP contribution in [-0.2, 0) is 16.0 Å². The first-order valence-corrected chi connectivity index (χ1v) is 14.6. The lowest BCUT2D eigenvalue weighted by Gasteiger charge is -2.37. The zero-order valence-corrected chi connectivity index (χ0v) is 26.3. The summed E-state index contributed by atoms with van der Waals surface area (Å²) in [5.41, 5.74) is 1.15. The molecule has 12 nitrogen and oxygen atoms in total. The zero-order chi connectivity index (χ0) is 32.0. The monoisotopic (exact) mass is 614 g/mol. The molecule has 0 amide bonds. The minimum Gasteiger partial charge on any atom is -0.497 e. The lowest BCUT2D eigenvalue weighted by Crippen LogP contribution is -2.52. The second-order valence-corrected chi connectivity index (χ2v) is 11.4. The van der Waals surface area contributed by atoms with Crippen LogP contribution in [0.25, 0.3) is 5.70 Å². The van der Waals surface area contributed by atoms with Crippen molar-refractivity contribution < 1.29 is 33.6 Å². The van der Waals surface area contributed by atoms with E-state index < -0.39 is 23.7 Å². The third-order valence-corrected chi connectivity index (χ3v) is 6.93. The van der Waals surface area contributed by atoms with Crippen LogP contribution in [0.2, 0.25) is 0 Å². The number of fused-ring (bicyclic) bond motifs is 1. The van der Waals surface area contributed by atoms with Gasteiger partial charge in [0.1, 0.15) is 11.6 Å². The van der Waals surface area contributed by atoms with Crippen LogP contribution in [0.5, 0.6) is 11.5 Å². The first-order valence-electron chi connectivity index (χ1n) is 14.6. The maximum atomic E-state index is 15.8. The molecule has 0 saturated carbocycles. The van der Waals surface area contributed by atoms with E-state index in [0.29, 0.717) is 23.0 Å². The van der Waals surface area contributed by atoms with E-state index in [9.17, 15) is 10.2 Å². The van der Waals surface area contributed by atoms with Gasteiger partial charge >= 0.3 is 0 Å². The van der Waals surface area contributed by atoms with Gasteiger partial charge in [-0.05, 0) is 46.8 Å². The Morgan fingerprint density at radius 1 is 1.02 bits per heavy atom. The number of rotatable bonds is 14. The highest BCUT2D eigenvalue weighted by Crippen LogP contribution is 2.35. The summed E-state index contributed by atoms with van der Waals surface area (Å²) in [7, 11) is 2.86. The second-order valence-electron chi connectivity index (χ2n) is 11.4. The third-order valence-electron chi connectivity index (χ3n) is 6.93. The van der Waals surface area contributed by atoms with Crippen LogP contribution in [-0.4, -0.2) is 95.6 Å². The Kier molecular flexibility index (Phi) is 10.8. The number of methoxy groups -OCH3 is 2. The van der Waals surface area contributed by atoms with E-state index in [0.717, 1.165) is 5.56 Å². The van der Waals surface area contributed by atoms with Gasteiger partial charge in [-0.15, -0.1) is 0 Å². The lowest BCUT2D eigenvalue weighted by atomic mass is 10.00. The molecular formula is C31H43FN6O6. The molecular weight excluding hydrogens is 571 g/mol. The van der Waals surface area contributed by atoms with Gasteiger partial charge in [-0.2, -0.15) is 5.10 Å². The van der Waals surface area contributed by atoms with Crippen molar-refractivity contribution in [2.75, 3.05) is 38.9 Å². The van der Waals surface area contributed by atoms with Gasteiger partial charge < -0.3 is 39.4 Å². The van der Waals surface area contributed by atoms with Gasteiger partial charge in [0.15, 0.2) is 17.2 Å². The number of ether oxygens (including phenoxy) is 4. The number of hydrogen-bond acceptors (Lipinski definition) is 11. The molecule has 1 aromatic heterocycles. The largest absolute Gasteiger partial charge is 0.497 e. The Morgan fingerprint density at radius 3 is 2.39 bits per heavy atom. The number of nitrogens with zero attached hydrogens (tertiary/aromatic N) is 5. The number of nitrogens with one attached hydrogen (secondary N) is 1. The SMILES string of the molecule is COc1cc(OC)c(F)c(N(CC(O)COC(C)C)C2=NC3(C)NC(c4cnn(CC(O)COC(C)C)c4)=CN=C3C=C2)c1. The van der Waals surface area contributed by atoms with E-state index in [1.165, 1.54) is 26.4 Å². The standard InChI is InChI=1S/C31H43FN6O6/c1-19(2)43-17-22(39)15-37-14-21(12-34-37)25-13-33-28-8-9-29(36-31(28,5)35-25)38(16-23(40)18-44-20(3)4)26-10-24(41-6)11-27(42-7)30(26)32/h8-14,19-20,22-23,35,39-40H,15-18H2,1-7H3. The molecule has 13 heteroatoms. The topological polar surface area (TPSA) is 135 Å². The summed E-state index contributed by atoms with van der Waals surface area (Å²) in [5.74, 6) is 0.118.